The second kappa shape index (κ2) is 6.18. The SMILES string of the molecule is COc1ncccc1CNC(C)c1csc(Cl)c1. The van der Waals surface area contributed by atoms with Gasteiger partial charge in [-0.1, -0.05) is 17.7 Å². The molecule has 2 rings (SSSR count). The Morgan fingerprint density at radius 1 is 1.56 bits per heavy atom. The van der Waals surface area contributed by atoms with Gasteiger partial charge < -0.3 is 10.1 Å². The highest BCUT2D eigenvalue weighted by Gasteiger charge is 2.09. The molecule has 18 heavy (non-hydrogen) atoms. The summed E-state index contributed by atoms with van der Waals surface area (Å²) in [6.07, 6.45) is 1.73. The monoisotopic (exact) mass is 282 g/mol. The minimum Gasteiger partial charge on any atom is -0.481 e. The fourth-order valence-corrected chi connectivity index (χ4v) is 2.66. The van der Waals surface area contributed by atoms with Crippen molar-refractivity contribution in [3.8, 4) is 5.88 Å². The van der Waals surface area contributed by atoms with E-state index in [2.05, 4.69) is 22.6 Å². The van der Waals surface area contributed by atoms with Crippen LogP contribution in [0.5, 0.6) is 5.88 Å². The van der Waals surface area contributed by atoms with Gasteiger partial charge in [0.25, 0.3) is 0 Å². The number of thiophene rings is 1. The van der Waals surface area contributed by atoms with Crippen molar-refractivity contribution in [2.24, 2.45) is 0 Å². The smallest absolute Gasteiger partial charge is 0.217 e. The fourth-order valence-electron chi connectivity index (χ4n) is 1.67. The van der Waals surface area contributed by atoms with Crippen LogP contribution in [-0.2, 0) is 6.54 Å². The molecule has 2 aromatic heterocycles. The van der Waals surface area contributed by atoms with Crippen LogP contribution in [0.15, 0.2) is 29.8 Å². The van der Waals surface area contributed by atoms with Crippen LogP contribution >= 0.6 is 22.9 Å². The second-order valence-electron chi connectivity index (χ2n) is 3.96. The average Bonchev–Trinajstić information content (AvgIpc) is 2.83. The van der Waals surface area contributed by atoms with Gasteiger partial charge in [-0.15, -0.1) is 11.3 Å². The van der Waals surface area contributed by atoms with Gasteiger partial charge in [-0.3, -0.25) is 0 Å². The number of ether oxygens (including phenoxy) is 1. The van der Waals surface area contributed by atoms with Crippen LogP contribution in [0.2, 0.25) is 4.34 Å². The van der Waals surface area contributed by atoms with Crippen LogP contribution in [-0.4, -0.2) is 12.1 Å². The molecule has 0 bridgehead atoms. The standard InChI is InChI=1S/C13H15ClN2OS/c1-9(11-6-12(14)18-8-11)16-7-10-4-3-5-15-13(10)17-2/h3-6,8-9,16H,7H2,1-2H3. The second-order valence-corrected chi connectivity index (χ2v) is 5.50. The van der Waals surface area contributed by atoms with Crippen molar-refractivity contribution in [2.75, 3.05) is 7.11 Å². The van der Waals surface area contributed by atoms with Gasteiger partial charge >= 0.3 is 0 Å². The molecule has 5 heteroatoms. The van der Waals surface area contributed by atoms with Crippen molar-refractivity contribution in [3.05, 3.63) is 45.2 Å². The molecule has 0 radical (unpaired) electrons. The third kappa shape index (κ3) is 3.22. The van der Waals surface area contributed by atoms with Crippen molar-refractivity contribution in [2.45, 2.75) is 19.5 Å². The molecule has 0 spiro atoms. The Bertz CT molecular complexity index is 515. The predicted octanol–water partition coefficient (Wildman–Crippen LogP) is 3.66. The third-order valence-electron chi connectivity index (χ3n) is 2.73. The van der Waals surface area contributed by atoms with Crippen LogP contribution in [0, 0.1) is 0 Å². The molecule has 1 atom stereocenters. The van der Waals surface area contributed by atoms with Gasteiger partial charge in [0.2, 0.25) is 5.88 Å². The van der Waals surface area contributed by atoms with Crippen molar-refractivity contribution in [1.82, 2.24) is 10.3 Å². The maximum Gasteiger partial charge on any atom is 0.217 e. The lowest BCUT2D eigenvalue weighted by Crippen LogP contribution is -2.18. The summed E-state index contributed by atoms with van der Waals surface area (Å²) in [5.74, 6) is 0.667. The van der Waals surface area contributed by atoms with E-state index in [1.165, 1.54) is 5.56 Å². The summed E-state index contributed by atoms with van der Waals surface area (Å²) in [6, 6.07) is 6.15. The molecule has 0 saturated heterocycles. The molecule has 96 valence electrons. The van der Waals surface area contributed by atoms with E-state index >= 15 is 0 Å². The van der Waals surface area contributed by atoms with E-state index in [9.17, 15) is 0 Å². The molecule has 0 amide bonds. The molecule has 3 nitrogen and oxygen atoms in total. The Labute approximate surface area is 116 Å². The van der Waals surface area contributed by atoms with Gasteiger partial charge in [0.05, 0.1) is 11.4 Å². The van der Waals surface area contributed by atoms with Crippen LogP contribution in [0.4, 0.5) is 0 Å². The third-order valence-corrected chi connectivity index (χ3v) is 3.84. The predicted molar refractivity (Wildman–Crippen MR) is 75.4 cm³/mol. The summed E-state index contributed by atoms with van der Waals surface area (Å²) in [5.41, 5.74) is 2.25. The van der Waals surface area contributed by atoms with Gasteiger partial charge in [0, 0.05) is 24.3 Å². The largest absolute Gasteiger partial charge is 0.481 e. The van der Waals surface area contributed by atoms with E-state index in [1.807, 2.05) is 18.2 Å². The molecule has 0 aliphatic heterocycles. The summed E-state index contributed by atoms with van der Waals surface area (Å²) < 4.78 is 6.03. The number of methoxy groups -OCH3 is 1. The van der Waals surface area contributed by atoms with E-state index in [-0.39, 0.29) is 6.04 Å². The molecular weight excluding hydrogens is 268 g/mol. The molecule has 0 aromatic carbocycles. The van der Waals surface area contributed by atoms with E-state index < -0.39 is 0 Å². The zero-order valence-corrected chi connectivity index (χ0v) is 11.9. The summed E-state index contributed by atoms with van der Waals surface area (Å²) in [4.78, 5) is 4.17. The quantitative estimate of drug-likeness (QED) is 0.909. The Hall–Kier alpha value is -1.10. The maximum atomic E-state index is 5.93. The highest BCUT2D eigenvalue weighted by molar-refractivity contribution is 7.14. The summed E-state index contributed by atoms with van der Waals surface area (Å²) in [5, 5.41) is 5.50. The zero-order valence-electron chi connectivity index (χ0n) is 10.3. The van der Waals surface area contributed by atoms with Gasteiger partial charge in [0.1, 0.15) is 0 Å². The summed E-state index contributed by atoms with van der Waals surface area (Å²) >= 11 is 7.48. The molecule has 0 saturated carbocycles. The fraction of sp³-hybridized carbons (Fsp3) is 0.308. The molecule has 0 fully saturated rings. The molecule has 2 aromatic rings. The van der Waals surface area contributed by atoms with Crippen molar-refractivity contribution in [3.63, 3.8) is 0 Å². The lowest BCUT2D eigenvalue weighted by Gasteiger charge is -2.13. The van der Waals surface area contributed by atoms with Crippen LogP contribution in [0.1, 0.15) is 24.1 Å². The highest BCUT2D eigenvalue weighted by atomic mass is 35.5. The first-order valence-corrected chi connectivity index (χ1v) is 6.91. The number of aromatic nitrogens is 1. The average molecular weight is 283 g/mol. The van der Waals surface area contributed by atoms with Crippen molar-refractivity contribution < 1.29 is 4.74 Å². The molecule has 1 N–H and O–H groups in total. The number of halogens is 1. The first-order valence-electron chi connectivity index (χ1n) is 5.66. The molecular formula is C13H15ClN2OS. The first kappa shape index (κ1) is 13.3. The molecule has 2 heterocycles. The number of hydrogen-bond acceptors (Lipinski definition) is 4. The highest BCUT2D eigenvalue weighted by Crippen LogP contribution is 2.25. The summed E-state index contributed by atoms with van der Waals surface area (Å²) in [7, 11) is 1.63. The Balaban J connectivity index is 1.99. The number of nitrogens with zero attached hydrogens (tertiary/aromatic N) is 1. The topological polar surface area (TPSA) is 34.1 Å². The van der Waals surface area contributed by atoms with Crippen LogP contribution in [0.3, 0.4) is 0 Å². The normalized spacial score (nSPS) is 12.4. The molecule has 0 aliphatic rings. The Morgan fingerprint density at radius 2 is 2.39 bits per heavy atom. The number of pyridine rings is 1. The van der Waals surface area contributed by atoms with Crippen molar-refractivity contribution >= 4 is 22.9 Å². The van der Waals surface area contributed by atoms with E-state index in [0.29, 0.717) is 12.4 Å². The van der Waals surface area contributed by atoms with Gasteiger partial charge in [-0.05, 0) is 30.0 Å². The molecule has 0 aliphatic carbocycles. The number of nitrogens with one attached hydrogen (secondary N) is 1. The van der Waals surface area contributed by atoms with E-state index in [4.69, 9.17) is 16.3 Å². The van der Waals surface area contributed by atoms with Gasteiger partial charge in [-0.2, -0.15) is 0 Å². The van der Waals surface area contributed by atoms with Crippen molar-refractivity contribution in [1.29, 1.82) is 0 Å². The lowest BCUT2D eigenvalue weighted by molar-refractivity contribution is 0.389. The lowest BCUT2D eigenvalue weighted by atomic mass is 10.1. The van der Waals surface area contributed by atoms with Crippen LogP contribution in [0.25, 0.3) is 0 Å². The van der Waals surface area contributed by atoms with Gasteiger partial charge in [-0.25, -0.2) is 4.98 Å². The minimum absolute atomic E-state index is 0.249. The van der Waals surface area contributed by atoms with Gasteiger partial charge in [0.15, 0.2) is 0 Å². The van der Waals surface area contributed by atoms with Crippen LogP contribution < -0.4 is 10.1 Å². The number of hydrogen-bond donors (Lipinski definition) is 1. The zero-order chi connectivity index (χ0) is 13.0. The minimum atomic E-state index is 0.249. The Morgan fingerprint density at radius 3 is 3.06 bits per heavy atom. The Kier molecular flexibility index (Phi) is 4.58. The maximum absolute atomic E-state index is 5.93. The van der Waals surface area contributed by atoms with E-state index in [0.717, 1.165) is 9.90 Å². The number of rotatable bonds is 5. The molecule has 1 unspecified atom stereocenters. The van der Waals surface area contributed by atoms with E-state index in [1.54, 1.807) is 24.6 Å². The first-order chi connectivity index (χ1) is 8.70. The summed E-state index contributed by atoms with van der Waals surface area (Å²) in [6.45, 7) is 2.83.